The summed E-state index contributed by atoms with van der Waals surface area (Å²) >= 11 is 1.69. The van der Waals surface area contributed by atoms with Gasteiger partial charge in [0.25, 0.3) is 0 Å². The third-order valence-electron chi connectivity index (χ3n) is 3.74. The molecule has 1 aromatic rings. The van der Waals surface area contributed by atoms with Crippen molar-refractivity contribution in [1.82, 2.24) is 14.8 Å². The zero-order valence-corrected chi connectivity index (χ0v) is 17.0. The summed E-state index contributed by atoms with van der Waals surface area (Å²) in [5, 5.41) is 3.22. The van der Waals surface area contributed by atoms with E-state index in [1.54, 1.807) is 11.3 Å². The van der Waals surface area contributed by atoms with Crippen LogP contribution < -0.4 is 5.73 Å². The summed E-state index contributed by atoms with van der Waals surface area (Å²) in [4.78, 5) is 20.9. The molecular weight excluding hydrogens is 379 g/mol. The number of hydrogen-bond acceptors (Lipinski definition) is 5. The van der Waals surface area contributed by atoms with Crippen LogP contribution in [0, 0.1) is 12.8 Å². The zero-order valence-electron chi connectivity index (χ0n) is 13.7. The first-order valence-electron chi connectivity index (χ1n) is 7.15. The first-order valence-corrected chi connectivity index (χ1v) is 8.03. The molecule has 2 rings (SSSR count). The molecule has 1 fully saturated rings. The van der Waals surface area contributed by atoms with Crippen LogP contribution in [0.1, 0.15) is 24.5 Å². The number of thiazole rings is 1. The Balaban J connectivity index is 0. The summed E-state index contributed by atoms with van der Waals surface area (Å²) in [7, 11) is 0. The van der Waals surface area contributed by atoms with Gasteiger partial charge in [0, 0.05) is 38.1 Å². The lowest BCUT2D eigenvalue weighted by molar-refractivity contribution is -0.135. The first-order chi connectivity index (χ1) is 9.47. The molecule has 5 nitrogen and oxygen atoms in total. The second-order valence-corrected chi connectivity index (χ2v) is 6.79. The highest BCUT2D eigenvalue weighted by Crippen LogP contribution is 2.13. The molecule has 1 aliphatic rings. The van der Waals surface area contributed by atoms with Crippen molar-refractivity contribution in [3.8, 4) is 0 Å². The van der Waals surface area contributed by atoms with Crippen LogP contribution in [0.5, 0.6) is 0 Å². The first kappa shape index (κ1) is 25.1. The smallest absolute Gasteiger partial charge is 0.239 e. The lowest BCUT2D eigenvalue weighted by Crippen LogP contribution is -2.54. The van der Waals surface area contributed by atoms with Crippen molar-refractivity contribution < 1.29 is 4.79 Å². The molecule has 0 aliphatic carbocycles. The van der Waals surface area contributed by atoms with E-state index in [9.17, 15) is 4.79 Å². The summed E-state index contributed by atoms with van der Waals surface area (Å²) in [6.07, 6.45) is 0. The van der Waals surface area contributed by atoms with Gasteiger partial charge >= 0.3 is 0 Å². The van der Waals surface area contributed by atoms with E-state index in [-0.39, 0.29) is 55.1 Å². The molecule has 1 aliphatic heterocycles. The van der Waals surface area contributed by atoms with Gasteiger partial charge in [-0.1, -0.05) is 13.8 Å². The van der Waals surface area contributed by atoms with Gasteiger partial charge in [0.1, 0.15) is 0 Å². The number of carbonyl (C=O) groups is 1. The maximum absolute atomic E-state index is 12.2. The molecule has 9 heteroatoms. The van der Waals surface area contributed by atoms with E-state index in [0.29, 0.717) is 0 Å². The normalized spacial score (nSPS) is 16.1. The van der Waals surface area contributed by atoms with Gasteiger partial charge in [0.05, 0.1) is 16.7 Å². The minimum absolute atomic E-state index is 0. The molecular formula is C14H27Cl3N4OS. The van der Waals surface area contributed by atoms with Crippen LogP contribution in [0.25, 0.3) is 0 Å². The summed E-state index contributed by atoms with van der Waals surface area (Å²) in [5.41, 5.74) is 7.07. The molecule has 0 aromatic carbocycles. The highest BCUT2D eigenvalue weighted by molar-refractivity contribution is 7.09. The standard InChI is InChI=1S/C14H24N4OS.3ClH/c1-10(2)13(15)14(19)18-6-4-17(5-7-18)8-12-9-20-11(3)16-12;;;/h9-10,13H,4-8,15H2,1-3H3;3*1H. The third-order valence-corrected chi connectivity index (χ3v) is 4.56. The third kappa shape index (κ3) is 7.11. The van der Waals surface area contributed by atoms with Gasteiger partial charge in [0.15, 0.2) is 0 Å². The Morgan fingerprint density at radius 1 is 1.26 bits per heavy atom. The Morgan fingerprint density at radius 3 is 2.26 bits per heavy atom. The summed E-state index contributed by atoms with van der Waals surface area (Å²) in [6, 6.07) is -0.372. The number of nitrogens with zero attached hydrogens (tertiary/aromatic N) is 3. The van der Waals surface area contributed by atoms with Crippen LogP contribution in [0.2, 0.25) is 0 Å². The van der Waals surface area contributed by atoms with Crippen LogP contribution in [-0.4, -0.2) is 52.9 Å². The molecule has 1 amide bonds. The number of aromatic nitrogens is 1. The number of piperazine rings is 1. The molecule has 1 atom stereocenters. The fourth-order valence-corrected chi connectivity index (χ4v) is 2.94. The summed E-state index contributed by atoms with van der Waals surface area (Å²) < 4.78 is 0. The Bertz CT molecular complexity index is 465. The van der Waals surface area contributed by atoms with Crippen molar-refractivity contribution in [3.05, 3.63) is 16.1 Å². The Labute approximate surface area is 161 Å². The SMILES string of the molecule is Cc1nc(CN2CCN(C(=O)C(N)C(C)C)CC2)cs1.Cl.Cl.Cl. The number of amides is 1. The molecule has 1 saturated heterocycles. The second-order valence-electron chi connectivity index (χ2n) is 5.73. The van der Waals surface area contributed by atoms with Crippen molar-refractivity contribution in [3.63, 3.8) is 0 Å². The van der Waals surface area contributed by atoms with E-state index >= 15 is 0 Å². The van der Waals surface area contributed by atoms with E-state index in [1.807, 2.05) is 25.7 Å². The number of aryl methyl sites for hydroxylation is 1. The predicted molar refractivity (Wildman–Crippen MR) is 103 cm³/mol. The zero-order chi connectivity index (χ0) is 14.7. The molecule has 2 N–H and O–H groups in total. The van der Waals surface area contributed by atoms with Gasteiger partial charge in [0.2, 0.25) is 5.91 Å². The van der Waals surface area contributed by atoms with Crippen molar-refractivity contribution >= 4 is 54.5 Å². The monoisotopic (exact) mass is 404 g/mol. The Hall–Kier alpha value is -0.110. The maximum Gasteiger partial charge on any atom is 0.239 e. The van der Waals surface area contributed by atoms with Gasteiger partial charge < -0.3 is 10.6 Å². The number of hydrogen-bond donors (Lipinski definition) is 1. The second kappa shape index (κ2) is 11.4. The highest BCUT2D eigenvalue weighted by Gasteiger charge is 2.26. The molecule has 23 heavy (non-hydrogen) atoms. The molecule has 1 aromatic heterocycles. The summed E-state index contributed by atoms with van der Waals surface area (Å²) in [5.74, 6) is 0.280. The van der Waals surface area contributed by atoms with Gasteiger partial charge in [-0.25, -0.2) is 4.98 Å². The summed E-state index contributed by atoms with van der Waals surface area (Å²) in [6.45, 7) is 10.2. The fraction of sp³-hybridized carbons (Fsp3) is 0.714. The minimum Gasteiger partial charge on any atom is -0.339 e. The average Bonchev–Trinajstić information content (AvgIpc) is 2.83. The molecule has 2 heterocycles. The van der Waals surface area contributed by atoms with Crippen LogP contribution in [0.3, 0.4) is 0 Å². The van der Waals surface area contributed by atoms with Crippen molar-refractivity contribution in [1.29, 1.82) is 0 Å². The molecule has 136 valence electrons. The Morgan fingerprint density at radius 2 is 1.83 bits per heavy atom. The maximum atomic E-state index is 12.2. The van der Waals surface area contributed by atoms with E-state index < -0.39 is 0 Å². The topological polar surface area (TPSA) is 62.5 Å². The lowest BCUT2D eigenvalue weighted by Gasteiger charge is -2.36. The van der Waals surface area contributed by atoms with Crippen molar-refractivity contribution in [2.24, 2.45) is 11.7 Å². The van der Waals surface area contributed by atoms with E-state index in [0.717, 1.165) is 43.4 Å². The number of rotatable bonds is 4. The minimum atomic E-state index is -0.372. The lowest BCUT2D eigenvalue weighted by atomic mass is 10.0. The number of halogens is 3. The number of nitrogens with two attached hydrogens (primary N) is 1. The largest absolute Gasteiger partial charge is 0.339 e. The Kier molecular flexibility index (Phi) is 12.5. The highest BCUT2D eigenvalue weighted by atomic mass is 35.5. The van der Waals surface area contributed by atoms with Gasteiger partial charge in [-0.3, -0.25) is 9.69 Å². The molecule has 1 unspecified atom stereocenters. The molecule has 0 spiro atoms. The van der Waals surface area contributed by atoms with Crippen LogP contribution in [-0.2, 0) is 11.3 Å². The molecule has 0 bridgehead atoms. The number of carbonyl (C=O) groups excluding carboxylic acids is 1. The molecule has 0 radical (unpaired) electrons. The fourth-order valence-electron chi connectivity index (χ4n) is 2.33. The van der Waals surface area contributed by atoms with E-state index in [1.165, 1.54) is 0 Å². The van der Waals surface area contributed by atoms with Crippen LogP contribution in [0.4, 0.5) is 0 Å². The van der Waals surface area contributed by atoms with Gasteiger partial charge in [-0.2, -0.15) is 0 Å². The quantitative estimate of drug-likeness (QED) is 0.835. The van der Waals surface area contributed by atoms with Crippen molar-refractivity contribution in [2.75, 3.05) is 26.2 Å². The van der Waals surface area contributed by atoms with E-state index in [2.05, 4.69) is 15.3 Å². The van der Waals surface area contributed by atoms with Crippen molar-refractivity contribution in [2.45, 2.75) is 33.4 Å². The van der Waals surface area contributed by atoms with Gasteiger partial charge in [-0.15, -0.1) is 48.6 Å². The van der Waals surface area contributed by atoms with Crippen LogP contribution in [0.15, 0.2) is 5.38 Å². The van der Waals surface area contributed by atoms with Gasteiger partial charge in [-0.05, 0) is 12.8 Å². The van der Waals surface area contributed by atoms with E-state index in [4.69, 9.17) is 5.73 Å². The average molecular weight is 406 g/mol. The van der Waals surface area contributed by atoms with Crippen LogP contribution >= 0.6 is 48.6 Å². The predicted octanol–water partition coefficient (Wildman–Crippen LogP) is 2.34. The molecule has 0 saturated carbocycles.